The number of para-hydroxylation sites is 1. The van der Waals surface area contributed by atoms with E-state index in [0.717, 1.165) is 60.1 Å². The fourth-order valence-corrected chi connectivity index (χ4v) is 4.14. The van der Waals surface area contributed by atoms with Crippen molar-refractivity contribution in [2.45, 2.75) is 45.3 Å². The molecule has 0 saturated carbocycles. The van der Waals surface area contributed by atoms with Crippen LogP contribution in [0.25, 0.3) is 16.9 Å². The lowest BCUT2D eigenvalue weighted by Crippen LogP contribution is -2.40. The summed E-state index contributed by atoms with van der Waals surface area (Å²) >= 11 is 0. The Hall–Kier alpha value is -3.46. The van der Waals surface area contributed by atoms with Crippen LogP contribution in [0.1, 0.15) is 38.3 Å². The number of nitrogens with one attached hydrogen (secondary N) is 1. The molecule has 4 aromatic rings. The van der Waals surface area contributed by atoms with E-state index in [1.165, 1.54) is 0 Å². The second-order valence-electron chi connectivity index (χ2n) is 8.57. The van der Waals surface area contributed by atoms with E-state index in [4.69, 9.17) is 15.7 Å². The quantitative estimate of drug-likeness (QED) is 0.483. The summed E-state index contributed by atoms with van der Waals surface area (Å²) in [5.41, 5.74) is 9.98. The number of nitrogens with zero attached hydrogens (tertiary/aromatic N) is 7. The van der Waals surface area contributed by atoms with Crippen LogP contribution < -0.4 is 16.0 Å². The van der Waals surface area contributed by atoms with Gasteiger partial charge < -0.3 is 25.1 Å². The molecule has 1 aromatic carbocycles. The summed E-state index contributed by atoms with van der Waals surface area (Å²) in [5, 5.41) is 3.53. The number of anilines is 2. The molecule has 4 heterocycles. The smallest absolute Gasteiger partial charge is 0.229 e. The summed E-state index contributed by atoms with van der Waals surface area (Å²) in [6, 6.07) is 8.79. The number of hydrogen-bond acceptors (Lipinski definition) is 7. The fourth-order valence-electron chi connectivity index (χ4n) is 4.14. The minimum atomic E-state index is 0.257. The van der Waals surface area contributed by atoms with Gasteiger partial charge in [0.1, 0.15) is 0 Å². The molecular formula is C23H29N9. The number of piperidine rings is 1. The largest absolute Gasteiger partial charge is 0.364 e. The van der Waals surface area contributed by atoms with Crippen molar-refractivity contribution in [1.29, 1.82) is 0 Å². The molecule has 166 valence electrons. The van der Waals surface area contributed by atoms with Crippen molar-refractivity contribution < 1.29 is 0 Å². The Balaban J connectivity index is 1.50. The van der Waals surface area contributed by atoms with Crippen LogP contribution in [-0.4, -0.2) is 48.2 Å². The van der Waals surface area contributed by atoms with Gasteiger partial charge in [0.25, 0.3) is 0 Å². The first kappa shape index (κ1) is 20.4. The Morgan fingerprint density at radius 2 is 1.94 bits per heavy atom. The van der Waals surface area contributed by atoms with Crippen LogP contribution in [-0.2, 0) is 6.54 Å². The van der Waals surface area contributed by atoms with Crippen molar-refractivity contribution in [3.05, 3.63) is 54.9 Å². The third-order valence-corrected chi connectivity index (χ3v) is 6.01. The minimum absolute atomic E-state index is 0.257. The van der Waals surface area contributed by atoms with Gasteiger partial charge in [-0.05, 0) is 38.3 Å². The molecule has 0 bridgehead atoms. The van der Waals surface area contributed by atoms with Gasteiger partial charge in [-0.1, -0.05) is 18.2 Å². The molecule has 3 aromatic heterocycles. The predicted molar refractivity (Wildman–Crippen MR) is 126 cm³/mol. The Morgan fingerprint density at radius 3 is 2.69 bits per heavy atom. The summed E-state index contributed by atoms with van der Waals surface area (Å²) < 4.78 is 4.11. The van der Waals surface area contributed by atoms with Crippen molar-refractivity contribution >= 4 is 22.9 Å². The van der Waals surface area contributed by atoms with Gasteiger partial charge in [-0.3, -0.25) is 0 Å². The molecule has 9 nitrogen and oxygen atoms in total. The number of imidazole rings is 2. The Labute approximate surface area is 187 Å². The molecule has 0 spiro atoms. The fraction of sp³-hybridized carbons (Fsp3) is 0.391. The van der Waals surface area contributed by atoms with Crippen LogP contribution in [0.15, 0.2) is 49.3 Å². The van der Waals surface area contributed by atoms with E-state index >= 15 is 0 Å². The number of benzene rings is 1. The normalized spacial score (nSPS) is 15.1. The van der Waals surface area contributed by atoms with E-state index < -0.39 is 0 Å². The molecule has 0 unspecified atom stereocenters. The number of nitrogens with two attached hydrogens (primary N) is 1. The molecule has 0 amide bonds. The standard InChI is InChI=1S/C23H29N9/c1-16(2)32-15-27-20-21(28-23(29-22(20)32)30-10-7-18(24)8-11-30)26-13-17-5-3-4-6-19(17)31-12-9-25-14-31/h3-6,9,12,14-16,18H,7-8,10-11,13,24H2,1-2H3,(H,26,28,29). The number of rotatable bonds is 6. The van der Waals surface area contributed by atoms with Crippen LogP contribution in [0.3, 0.4) is 0 Å². The lowest BCUT2D eigenvalue weighted by molar-refractivity contribution is 0.495. The average molecular weight is 432 g/mol. The highest BCUT2D eigenvalue weighted by atomic mass is 15.3. The van der Waals surface area contributed by atoms with Gasteiger partial charge in [-0.2, -0.15) is 9.97 Å². The lowest BCUT2D eigenvalue weighted by atomic mass is 10.1. The van der Waals surface area contributed by atoms with Gasteiger partial charge in [0.05, 0.1) is 18.3 Å². The van der Waals surface area contributed by atoms with Crippen molar-refractivity contribution in [1.82, 2.24) is 29.1 Å². The second kappa shape index (κ2) is 8.58. The highest BCUT2D eigenvalue weighted by Gasteiger charge is 2.22. The maximum absolute atomic E-state index is 6.11. The first-order chi connectivity index (χ1) is 15.6. The Morgan fingerprint density at radius 1 is 1.12 bits per heavy atom. The zero-order chi connectivity index (χ0) is 22.1. The van der Waals surface area contributed by atoms with E-state index in [2.05, 4.69) is 50.7 Å². The third kappa shape index (κ3) is 3.91. The zero-order valence-electron chi connectivity index (χ0n) is 18.5. The molecule has 0 radical (unpaired) electrons. The molecule has 3 N–H and O–H groups in total. The first-order valence-corrected chi connectivity index (χ1v) is 11.2. The molecule has 0 atom stereocenters. The van der Waals surface area contributed by atoms with Gasteiger partial charge in [0.2, 0.25) is 5.95 Å². The number of aromatic nitrogens is 6. The minimum Gasteiger partial charge on any atom is -0.364 e. The van der Waals surface area contributed by atoms with Crippen LogP contribution in [0.2, 0.25) is 0 Å². The van der Waals surface area contributed by atoms with Gasteiger partial charge in [-0.25, -0.2) is 9.97 Å². The summed E-state index contributed by atoms with van der Waals surface area (Å²) in [6.45, 7) is 6.62. The molecule has 0 aliphatic carbocycles. The SMILES string of the molecule is CC(C)n1cnc2c(NCc3ccccc3-n3ccnc3)nc(N3CCC(N)CC3)nc21. The maximum Gasteiger partial charge on any atom is 0.229 e. The highest BCUT2D eigenvalue weighted by molar-refractivity contribution is 5.84. The topological polar surface area (TPSA) is 103 Å². The summed E-state index contributed by atoms with van der Waals surface area (Å²) in [5.74, 6) is 1.48. The predicted octanol–water partition coefficient (Wildman–Crippen LogP) is 3.13. The third-order valence-electron chi connectivity index (χ3n) is 6.01. The zero-order valence-corrected chi connectivity index (χ0v) is 18.5. The first-order valence-electron chi connectivity index (χ1n) is 11.2. The van der Waals surface area contributed by atoms with Crippen molar-refractivity contribution in [3.63, 3.8) is 0 Å². The van der Waals surface area contributed by atoms with Crippen molar-refractivity contribution in [3.8, 4) is 5.69 Å². The van der Waals surface area contributed by atoms with Crippen LogP contribution in [0, 0.1) is 0 Å². The van der Waals surface area contributed by atoms with E-state index in [-0.39, 0.29) is 12.1 Å². The molecule has 5 rings (SSSR count). The van der Waals surface area contributed by atoms with Crippen LogP contribution in [0.4, 0.5) is 11.8 Å². The number of hydrogen-bond donors (Lipinski definition) is 2. The molecule has 32 heavy (non-hydrogen) atoms. The van der Waals surface area contributed by atoms with Crippen LogP contribution in [0.5, 0.6) is 0 Å². The van der Waals surface area contributed by atoms with Crippen LogP contribution >= 0.6 is 0 Å². The van der Waals surface area contributed by atoms with E-state index in [9.17, 15) is 0 Å². The second-order valence-corrected chi connectivity index (χ2v) is 8.57. The molecule has 1 aliphatic heterocycles. The van der Waals surface area contributed by atoms with E-state index in [1.807, 2.05) is 35.6 Å². The molecular weight excluding hydrogens is 402 g/mol. The summed E-state index contributed by atoms with van der Waals surface area (Å²) in [6.07, 6.45) is 9.30. The molecule has 1 saturated heterocycles. The summed E-state index contributed by atoms with van der Waals surface area (Å²) in [4.78, 5) is 20.9. The highest BCUT2D eigenvalue weighted by Crippen LogP contribution is 2.27. The van der Waals surface area contributed by atoms with Gasteiger partial charge >= 0.3 is 0 Å². The number of fused-ring (bicyclic) bond motifs is 1. The van der Waals surface area contributed by atoms with Crippen molar-refractivity contribution in [2.24, 2.45) is 5.73 Å². The van der Waals surface area contributed by atoms with Crippen molar-refractivity contribution in [2.75, 3.05) is 23.3 Å². The van der Waals surface area contributed by atoms with E-state index in [0.29, 0.717) is 6.54 Å². The monoisotopic (exact) mass is 431 g/mol. The van der Waals surface area contributed by atoms with Gasteiger partial charge in [-0.15, -0.1) is 0 Å². The Kier molecular flexibility index (Phi) is 5.48. The van der Waals surface area contributed by atoms with Gasteiger partial charge in [0, 0.05) is 44.1 Å². The average Bonchev–Trinajstić information content (AvgIpc) is 3.48. The Bertz CT molecular complexity index is 1190. The van der Waals surface area contributed by atoms with E-state index in [1.54, 1.807) is 6.20 Å². The molecule has 1 fully saturated rings. The van der Waals surface area contributed by atoms with Gasteiger partial charge in [0.15, 0.2) is 17.0 Å². The molecule has 1 aliphatic rings. The maximum atomic E-state index is 6.11. The summed E-state index contributed by atoms with van der Waals surface area (Å²) in [7, 11) is 0. The lowest BCUT2D eigenvalue weighted by Gasteiger charge is -2.30. The molecule has 9 heteroatoms.